The molecular weight excluding hydrogens is 478 g/mol. The van der Waals surface area contributed by atoms with Crippen molar-refractivity contribution >= 4 is 22.7 Å². The first-order chi connectivity index (χ1) is 18.8. The summed E-state index contributed by atoms with van der Waals surface area (Å²) in [6.45, 7) is 5.55. The number of aromatic nitrogens is 4. The molecule has 3 heterocycles. The Hall–Kier alpha value is -2.82. The van der Waals surface area contributed by atoms with Crippen molar-refractivity contribution in [1.29, 1.82) is 0 Å². The zero-order valence-electron chi connectivity index (χ0n) is 22.5. The van der Waals surface area contributed by atoms with Gasteiger partial charge in [-0.2, -0.15) is 4.98 Å². The summed E-state index contributed by atoms with van der Waals surface area (Å²) in [5, 5.41) is 27.0. The van der Waals surface area contributed by atoms with E-state index in [-0.39, 0.29) is 0 Å². The molecular formula is C28H43N9O. The minimum atomic E-state index is 0.393. The third-order valence-corrected chi connectivity index (χ3v) is 7.50. The molecule has 0 spiro atoms. The zero-order chi connectivity index (χ0) is 25.8. The third kappa shape index (κ3) is 8.09. The van der Waals surface area contributed by atoms with Gasteiger partial charge >= 0.3 is 0 Å². The molecule has 206 valence electrons. The highest BCUT2D eigenvalue weighted by atomic mass is 16.4. The minimum Gasteiger partial charge on any atom is -0.423 e. The van der Waals surface area contributed by atoms with Crippen molar-refractivity contribution in [2.45, 2.75) is 82.8 Å². The van der Waals surface area contributed by atoms with Crippen LogP contribution in [0.5, 0.6) is 0 Å². The second kappa shape index (κ2) is 14.4. The van der Waals surface area contributed by atoms with E-state index >= 15 is 0 Å². The number of nitrogens with zero attached hydrogens (tertiary/aromatic N) is 4. The number of para-hydroxylation sites is 1. The number of nitrogens with one attached hydrogen (secondary N) is 5. The van der Waals surface area contributed by atoms with Crippen molar-refractivity contribution in [2.75, 3.05) is 43.4 Å². The van der Waals surface area contributed by atoms with Crippen LogP contribution in [-0.2, 0) is 13.0 Å². The summed E-state index contributed by atoms with van der Waals surface area (Å²) in [7, 11) is 0. The highest BCUT2D eigenvalue weighted by molar-refractivity contribution is 5.90. The molecule has 2 fully saturated rings. The molecule has 1 aliphatic heterocycles. The lowest BCUT2D eigenvalue weighted by Gasteiger charge is -2.24. The topological polar surface area (TPSA) is 125 Å². The van der Waals surface area contributed by atoms with Gasteiger partial charge in [-0.05, 0) is 83.4 Å². The monoisotopic (exact) mass is 521 g/mol. The molecule has 0 atom stereocenters. The molecule has 1 saturated heterocycles. The fourth-order valence-electron chi connectivity index (χ4n) is 5.36. The van der Waals surface area contributed by atoms with Crippen LogP contribution < -0.4 is 26.6 Å². The van der Waals surface area contributed by atoms with Crippen LogP contribution in [0.25, 0.3) is 10.9 Å². The van der Waals surface area contributed by atoms with Gasteiger partial charge in [0.2, 0.25) is 17.7 Å². The van der Waals surface area contributed by atoms with Crippen molar-refractivity contribution in [1.82, 2.24) is 36.1 Å². The molecule has 2 aliphatic rings. The molecule has 10 nitrogen and oxygen atoms in total. The van der Waals surface area contributed by atoms with Gasteiger partial charge in [-0.1, -0.05) is 31.4 Å². The van der Waals surface area contributed by atoms with Crippen molar-refractivity contribution in [3.8, 4) is 0 Å². The highest BCUT2D eigenvalue weighted by Crippen LogP contribution is 2.24. The van der Waals surface area contributed by atoms with Crippen LogP contribution in [0, 0.1) is 0 Å². The fraction of sp³-hybridized carbons (Fsp3) is 0.643. The molecule has 10 heteroatoms. The molecule has 38 heavy (non-hydrogen) atoms. The maximum Gasteiger partial charge on any atom is 0.235 e. The number of hydrogen-bond donors (Lipinski definition) is 5. The van der Waals surface area contributed by atoms with Gasteiger partial charge in [0.25, 0.3) is 0 Å². The highest BCUT2D eigenvalue weighted by Gasteiger charge is 2.16. The van der Waals surface area contributed by atoms with E-state index in [2.05, 4.69) is 42.8 Å². The van der Waals surface area contributed by atoms with Gasteiger partial charge in [-0.3, -0.25) is 0 Å². The van der Waals surface area contributed by atoms with Crippen LogP contribution in [0.4, 0.5) is 11.8 Å². The van der Waals surface area contributed by atoms with E-state index in [1.807, 2.05) is 18.2 Å². The number of hydrogen-bond acceptors (Lipinski definition) is 10. The van der Waals surface area contributed by atoms with Gasteiger partial charge < -0.3 is 31.0 Å². The Balaban J connectivity index is 1.03. The van der Waals surface area contributed by atoms with Crippen LogP contribution in [0.1, 0.15) is 69.6 Å². The van der Waals surface area contributed by atoms with Crippen molar-refractivity contribution in [2.24, 2.45) is 0 Å². The zero-order valence-corrected chi connectivity index (χ0v) is 22.5. The molecule has 3 aromatic rings. The van der Waals surface area contributed by atoms with E-state index in [1.54, 1.807) is 0 Å². The smallest absolute Gasteiger partial charge is 0.235 e. The van der Waals surface area contributed by atoms with E-state index in [9.17, 15) is 0 Å². The molecule has 1 aromatic carbocycles. The lowest BCUT2D eigenvalue weighted by molar-refractivity contribution is 0.371. The predicted octanol–water partition coefficient (Wildman–Crippen LogP) is 3.62. The molecule has 5 N–H and O–H groups in total. The predicted molar refractivity (Wildman–Crippen MR) is 151 cm³/mol. The van der Waals surface area contributed by atoms with Crippen molar-refractivity contribution < 1.29 is 4.42 Å². The number of aryl methyl sites for hydroxylation is 1. The second-order valence-electron chi connectivity index (χ2n) is 10.5. The maximum absolute atomic E-state index is 5.86. The normalized spacial score (nSPS) is 17.2. The average Bonchev–Trinajstić information content (AvgIpc) is 3.42. The molecule has 0 radical (unpaired) electrons. The molecule has 0 amide bonds. The molecule has 5 rings (SSSR count). The Morgan fingerprint density at radius 2 is 1.66 bits per heavy atom. The van der Waals surface area contributed by atoms with Crippen LogP contribution >= 0.6 is 0 Å². The standard InChI is InChI=1S/C28H43N9O/c1-2-8-21(9-3-1)31-17-7-16-29-15-6-12-25-36-37-26(38-25)20-32-28-34-24-11-5-4-10-23(24)27(35-28)33-22-13-18-30-19-14-22/h4-5,10-11,21-22,29-31H,1-3,6-9,12-20H2,(H2,32,33,34,35). The van der Waals surface area contributed by atoms with Gasteiger partial charge in [-0.15, -0.1) is 10.2 Å². The summed E-state index contributed by atoms with van der Waals surface area (Å²) < 4.78 is 5.86. The molecule has 0 unspecified atom stereocenters. The Morgan fingerprint density at radius 3 is 2.55 bits per heavy atom. The van der Waals surface area contributed by atoms with Crippen LogP contribution in [0.15, 0.2) is 28.7 Å². The number of benzene rings is 1. The van der Waals surface area contributed by atoms with E-state index in [1.165, 1.54) is 38.5 Å². The summed E-state index contributed by atoms with van der Waals surface area (Å²) in [5.41, 5.74) is 0.907. The summed E-state index contributed by atoms with van der Waals surface area (Å²) in [4.78, 5) is 9.47. The molecule has 1 saturated carbocycles. The van der Waals surface area contributed by atoms with Gasteiger partial charge in [0.05, 0.1) is 12.1 Å². The average molecular weight is 522 g/mol. The minimum absolute atomic E-state index is 0.393. The van der Waals surface area contributed by atoms with Gasteiger partial charge in [0, 0.05) is 23.9 Å². The van der Waals surface area contributed by atoms with E-state index in [4.69, 9.17) is 14.4 Å². The number of anilines is 2. The van der Waals surface area contributed by atoms with Crippen LogP contribution in [0.2, 0.25) is 0 Å². The lowest BCUT2D eigenvalue weighted by Crippen LogP contribution is -2.35. The fourth-order valence-corrected chi connectivity index (χ4v) is 5.36. The quantitative estimate of drug-likeness (QED) is 0.201. The summed E-state index contributed by atoms with van der Waals surface area (Å²) in [6, 6.07) is 9.26. The molecule has 2 aromatic heterocycles. The van der Waals surface area contributed by atoms with Gasteiger partial charge in [0.1, 0.15) is 5.82 Å². The Bertz CT molecular complexity index is 1110. The van der Waals surface area contributed by atoms with Crippen molar-refractivity contribution in [3.63, 3.8) is 0 Å². The van der Waals surface area contributed by atoms with Crippen LogP contribution in [0.3, 0.4) is 0 Å². The van der Waals surface area contributed by atoms with Crippen LogP contribution in [-0.4, -0.2) is 65.0 Å². The largest absolute Gasteiger partial charge is 0.423 e. The first-order valence-electron chi connectivity index (χ1n) is 14.6. The SMILES string of the molecule is c1ccc2c(NC3CCNCC3)nc(NCc3nnc(CCCNCCCNC4CCCCC4)o3)nc2c1. The lowest BCUT2D eigenvalue weighted by atomic mass is 9.95. The summed E-state index contributed by atoms with van der Waals surface area (Å²) in [5.74, 6) is 2.65. The first-order valence-corrected chi connectivity index (χ1v) is 14.6. The van der Waals surface area contributed by atoms with E-state index < -0.39 is 0 Å². The van der Waals surface area contributed by atoms with Crippen molar-refractivity contribution in [3.05, 3.63) is 36.0 Å². The Kier molecular flexibility index (Phi) is 10.1. The van der Waals surface area contributed by atoms with Gasteiger partial charge in [-0.25, -0.2) is 4.98 Å². The maximum atomic E-state index is 5.86. The van der Waals surface area contributed by atoms with E-state index in [0.29, 0.717) is 30.3 Å². The summed E-state index contributed by atoms with van der Waals surface area (Å²) in [6.07, 6.45) is 12.0. The first kappa shape index (κ1) is 26.8. The molecule has 1 aliphatic carbocycles. The number of fused-ring (bicyclic) bond motifs is 1. The Morgan fingerprint density at radius 1 is 0.842 bits per heavy atom. The number of rotatable bonds is 14. The molecule has 0 bridgehead atoms. The third-order valence-electron chi connectivity index (χ3n) is 7.50. The summed E-state index contributed by atoms with van der Waals surface area (Å²) >= 11 is 0. The van der Waals surface area contributed by atoms with Gasteiger partial charge in [0.15, 0.2) is 0 Å². The Labute approximate surface area is 225 Å². The van der Waals surface area contributed by atoms with E-state index in [0.717, 1.165) is 81.2 Å². The second-order valence-corrected chi connectivity index (χ2v) is 10.5. The number of piperidine rings is 1.